The molecular formula is C26H26N4O2S. The van der Waals surface area contributed by atoms with Gasteiger partial charge in [-0.15, -0.1) is 16.8 Å². The van der Waals surface area contributed by atoms with Crippen LogP contribution in [0.4, 0.5) is 5.69 Å². The van der Waals surface area contributed by atoms with Crippen molar-refractivity contribution in [3.05, 3.63) is 90.3 Å². The van der Waals surface area contributed by atoms with E-state index in [9.17, 15) is 4.79 Å². The summed E-state index contributed by atoms with van der Waals surface area (Å²) in [6.07, 6.45) is 1.78. The number of nitrogens with one attached hydrogen (secondary N) is 1. The number of hydrogen-bond donors (Lipinski definition) is 1. The predicted octanol–water partition coefficient (Wildman–Crippen LogP) is 5.54. The molecule has 7 heteroatoms. The van der Waals surface area contributed by atoms with Crippen molar-refractivity contribution >= 4 is 34.1 Å². The van der Waals surface area contributed by atoms with E-state index in [1.807, 2.05) is 54.0 Å². The van der Waals surface area contributed by atoms with Gasteiger partial charge in [-0.2, -0.15) is 0 Å². The molecule has 4 rings (SSSR count). The maximum Gasteiger partial charge on any atom is 0.234 e. The number of ether oxygens (including phenoxy) is 1. The number of anilines is 1. The lowest BCUT2D eigenvalue weighted by atomic mass is 10.0. The van der Waals surface area contributed by atoms with Gasteiger partial charge in [-0.05, 0) is 47.9 Å². The Bertz CT molecular complexity index is 1300. The summed E-state index contributed by atoms with van der Waals surface area (Å²) in [7, 11) is 0. The topological polar surface area (TPSA) is 69.0 Å². The lowest BCUT2D eigenvalue weighted by molar-refractivity contribution is -0.113. The molecule has 3 aromatic carbocycles. The third-order valence-electron chi connectivity index (χ3n) is 5.36. The fraction of sp³-hybridized carbons (Fsp3) is 0.192. The van der Waals surface area contributed by atoms with Crippen molar-refractivity contribution in [1.29, 1.82) is 0 Å². The Labute approximate surface area is 197 Å². The summed E-state index contributed by atoms with van der Waals surface area (Å²) in [4.78, 5) is 12.4. The zero-order chi connectivity index (χ0) is 23.2. The van der Waals surface area contributed by atoms with Crippen LogP contribution in [0.15, 0.2) is 78.5 Å². The quantitative estimate of drug-likeness (QED) is 0.263. The van der Waals surface area contributed by atoms with Gasteiger partial charge in [-0.3, -0.25) is 9.36 Å². The van der Waals surface area contributed by atoms with E-state index in [-0.39, 0.29) is 18.3 Å². The molecule has 0 saturated heterocycles. The number of carbonyl (C=O) groups is 1. The van der Waals surface area contributed by atoms with Crippen molar-refractivity contribution in [2.75, 3.05) is 11.1 Å². The van der Waals surface area contributed by atoms with Gasteiger partial charge in [0.25, 0.3) is 0 Å². The standard InChI is InChI=1S/C26H26N4O2S/c1-4-15-30-24(16-32-23-14-13-20-10-6-7-11-21(20)19(23)3)28-29-26(30)33-17-25(31)27-22-12-8-5-9-18(22)2/h4-14H,1,15-17H2,2-3H3,(H,27,31). The van der Waals surface area contributed by atoms with Crippen molar-refractivity contribution in [2.24, 2.45) is 0 Å². The van der Waals surface area contributed by atoms with Gasteiger partial charge in [0.15, 0.2) is 11.0 Å². The van der Waals surface area contributed by atoms with Crippen LogP contribution in [-0.4, -0.2) is 26.4 Å². The van der Waals surface area contributed by atoms with Crippen molar-refractivity contribution < 1.29 is 9.53 Å². The second kappa shape index (κ2) is 10.4. The van der Waals surface area contributed by atoms with E-state index in [1.54, 1.807) is 6.08 Å². The van der Waals surface area contributed by atoms with Crippen LogP contribution in [0.2, 0.25) is 0 Å². The highest BCUT2D eigenvalue weighted by Gasteiger charge is 2.15. The summed E-state index contributed by atoms with van der Waals surface area (Å²) in [5, 5.41) is 14.5. The highest BCUT2D eigenvalue weighted by Crippen LogP contribution is 2.28. The summed E-state index contributed by atoms with van der Waals surface area (Å²) in [5.74, 6) is 1.64. The Morgan fingerprint density at radius 3 is 2.70 bits per heavy atom. The molecule has 0 aliphatic rings. The number of amides is 1. The number of aromatic nitrogens is 3. The third kappa shape index (κ3) is 5.26. The highest BCUT2D eigenvalue weighted by atomic mass is 32.2. The first-order valence-corrected chi connectivity index (χ1v) is 11.7. The number of fused-ring (bicyclic) bond motifs is 1. The lowest BCUT2D eigenvalue weighted by Crippen LogP contribution is -2.15. The zero-order valence-corrected chi connectivity index (χ0v) is 19.6. The summed E-state index contributed by atoms with van der Waals surface area (Å²) >= 11 is 1.34. The monoisotopic (exact) mass is 458 g/mol. The summed E-state index contributed by atoms with van der Waals surface area (Å²) in [6.45, 7) is 8.67. The van der Waals surface area contributed by atoms with Gasteiger partial charge in [-0.1, -0.05) is 66.4 Å². The van der Waals surface area contributed by atoms with E-state index in [0.29, 0.717) is 17.5 Å². The molecule has 4 aromatic rings. The van der Waals surface area contributed by atoms with Crippen LogP contribution in [0, 0.1) is 13.8 Å². The number of benzene rings is 3. The molecule has 0 radical (unpaired) electrons. The highest BCUT2D eigenvalue weighted by molar-refractivity contribution is 7.99. The van der Waals surface area contributed by atoms with E-state index in [0.717, 1.165) is 22.6 Å². The van der Waals surface area contributed by atoms with E-state index in [1.165, 1.54) is 22.5 Å². The Hall–Kier alpha value is -3.58. The third-order valence-corrected chi connectivity index (χ3v) is 6.33. The normalized spacial score (nSPS) is 10.8. The van der Waals surface area contributed by atoms with E-state index in [4.69, 9.17) is 4.74 Å². The molecule has 6 nitrogen and oxygen atoms in total. The minimum atomic E-state index is -0.0907. The molecule has 0 aliphatic carbocycles. The number of allylic oxidation sites excluding steroid dienone is 1. The first-order valence-electron chi connectivity index (χ1n) is 10.7. The molecule has 33 heavy (non-hydrogen) atoms. The molecule has 1 amide bonds. The lowest BCUT2D eigenvalue weighted by Gasteiger charge is -2.12. The molecule has 168 valence electrons. The van der Waals surface area contributed by atoms with Crippen LogP contribution < -0.4 is 10.1 Å². The number of rotatable bonds is 9. The van der Waals surface area contributed by atoms with E-state index >= 15 is 0 Å². The predicted molar refractivity (Wildman–Crippen MR) is 134 cm³/mol. The van der Waals surface area contributed by atoms with Gasteiger partial charge in [-0.25, -0.2) is 0 Å². The molecule has 0 bridgehead atoms. The summed E-state index contributed by atoms with van der Waals surface area (Å²) in [5.41, 5.74) is 2.93. The van der Waals surface area contributed by atoms with Gasteiger partial charge in [0, 0.05) is 12.2 Å². The molecule has 1 aromatic heterocycles. The van der Waals surface area contributed by atoms with Gasteiger partial charge in [0.2, 0.25) is 5.91 Å². The van der Waals surface area contributed by atoms with Crippen molar-refractivity contribution in [1.82, 2.24) is 14.8 Å². The SMILES string of the molecule is C=CCn1c(COc2ccc3ccccc3c2C)nnc1SCC(=O)Nc1ccccc1C. The van der Waals surface area contributed by atoms with Gasteiger partial charge < -0.3 is 10.1 Å². The number of para-hydroxylation sites is 1. The van der Waals surface area contributed by atoms with Crippen molar-refractivity contribution in [3.8, 4) is 5.75 Å². The molecule has 0 aliphatic heterocycles. The fourth-order valence-electron chi connectivity index (χ4n) is 3.58. The molecule has 0 unspecified atom stereocenters. The Morgan fingerprint density at radius 2 is 1.88 bits per heavy atom. The van der Waals surface area contributed by atoms with Crippen molar-refractivity contribution in [2.45, 2.75) is 32.2 Å². The molecule has 1 heterocycles. The number of thioether (sulfide) groups is 1. The molecular weight excluding hydrogens is 432 g/mol. The number of aryl methyl sites for hydroxylation is 2. The Morgan fingerprint density at radius 1 is 1.09 bits per heavy atom. The molecule has 0 atom stereocenters. The van der Waals surface area contributed by atoms with Gasteiger partial charge in [0.1, 0.15) is 12.4 Å². The number of hydrogen-bond acceptors (Lipinski definition) is 5. The first kappa shape index (κ1) is 22.6. The molecule has 1 N–H and O–H groups in total. The Kier molecular flexibility index (Phi) is 7.10. The Balaban J connectivity index is 1.43. The smallest absolute Gasteiger partial charge is 0.234 e. The minimum absolute atomic E-state index is 0.0907. The summed E-state index contributed by atoms with van der Waals surface area (Å²) < 4.78 is 8.03. The second-order valence-electron chi connectivity index (χ2n) is 7.65. The van der Waals surface area contributed by atoms with Crippen LogP contribution in [0.5, 0.6) is 5.75 Å². The van der Waals surface area contributed by atoms with Gasteiger partial charge >= 0.3 is 0 Å². The van der Waals surface area contributed by atoms with E-state index < -0.39 is 0 Å². The molecule has 0 saturated carbocycles. The van der Waals surface area contributed by atoms with E-state index in [2.05, 4.69) is 47.2 Å². The minimum Gasteiger partial charge on any atom is -0.485 e. The molecule has 0 spiro atoms. The number of carbonyl (C=O) groups excluding carboxylic acids is 1. The maximum atomic E-state index is 12.4. The van der Waals surface area contributed by atoms with Crippen LogP contribution in [0.1, 0.15) is 17.0 Å². The second-order valence-corrected chi connectivity index (χ2v) is 8.59. The van der Waals surface area contributed by atoms with Crippen LogP contribution in [0.3, 0.4) is 0 Å². The van der Waals surface area contributed by atoms with Crippen molar-refractivity contribution in [3.63, 3.8) is 0 Å². The average Bonchev–Trinajstić information content (AvgIpc) is 3.21. The largest absolute Gasteiger partial charge is 0.485 e. The van der Waals surface area contributed by atoms with Crippen LogP contribution >= 0.6 is 11.8 Å². The van der Waals surface area contributed by atoms with Crippen LogP contribution in [-0.2, 0) is 17.9 Å². The fourth-order valence-corrected chi connectivity index (χ4v) is 4.35. The zero-order valence-electron chi connectivity index (χ0n) is 18.7. The summed E-state index contributed by atoms with van der Waals surface area (Å²) in [6, 6.07) is 20.0. The first-order chi connectivity index (χ1) is 16.1. The average molecular weight is 459 g/mol. The van der Waals surface area contributed by atoms with Gasteiger partial charge in [0.05, 0.1) is 5.75 Å². The number of nitrogens with zero attached hydrogens (tertiary/aromatic N) is 3. The maximum absolute atomic E-state index is 12.4. The molecule has 0 fully saturated rings. The van der Waals surface area contributed by atoms with Crippen LogP contribution in [0.25, 0.3) is 10.8 Å².